The second-order valence-corrected chi connectivity index (χ2v) is 16.5. The number of ether oxygens (including phenoxy) is 1. The van der Waals surface area contributed by atoms with Gasteiger partial charge < -0.3 is 31.1 Å². The fourth-order valence-corrected chi connectivity index (χ4v) is 7.59. The molecule has 4 rings (SSSR count). The number of sulfonamides is 1. The number of hydrogen-bond donors (Lipinski definition) is 5. The summed E-state index contributed by atoms with van der Waals surface area (Å²) in [6, 6.07) is 10.4. The predicted molar refractivity (Wildman–Crippen MR) is 209 cm³/mol. The lowest BCUT2D eigenvalue weighted by Gasteiger charge is -2.31. The Morgan fingerprint density at radius 3 is 2.28 bits per heavy atom. The lowest BCUT2D eigenvalue weighted by atomic mass is 9.99. The molecule has 2 aliphatic rings. The Labute approximate surface area is 321 Å². The van der Waals surface area contributed by atoms with Crippen LogP contribution in [0, 0.1) is 5.92 Å². The Morgan fingerprint density at radius 1 is 0.963 bits per heavy atom. The van der Waals surface area contributed by atoms with Gasteiger partial charge in [0.2, 0.25) is 33.7 Å². The molecule has 0 saturated carbocycles. The van der Waals surface area contributed by atoms with E-state index in [4.69, 9.17) is 4.74 Å². The van der Waals surface area contributed by atoms with E-state index in [-0.39, 0.29) is 42.1 Å². The van der Waals surface area contributed by atoms with E-state index >= 15 is 0 Å². The molecule has 13 nitrogen and oxygen atoms in total. The molecule has 54 heavy (non-hydrogen) atoms. The number of hydrogen-bond acceptors (Lipinski definition) is 8. The zero-order valence-corrected chi connectivity index (χ0v) is 33.4. The van der Waals surface area contributed by atoms with E-state index in [1.165, 1.54) is 35.5 Å². The summed E-state index contributed by atoms with van der Waals surface area (Å²) < 4.78 is 35.3. The van der Waals surface area contributed by atoms with Crippen LogP contribution >= 0.6 is 0 Å². The van der Waals surface area contributed by atoms with Gasteiger partial charge in [-0.3, -0.25) is 19.2 Å². The Kier molecular flexibility index (Phi) is 18.4. The number of nitrogens with one attached hydrogen (secondary N) is 4. The number of amides is 4. The first kappa shape index (κ1) is 44.4. The zero-order valence-electron chi connectivity index (χ0n) is 32.6. The highest BCUT2D eigenvalue weighted by atomic mass is 32.2. The Bertz CT molecular complexity index is 1600. The monoisotopic (exact) mass is 771 g/mol. The fourth-order valence-electron chi connectivity index (χ4n) is 6.12. The molecule has 300 valence electrons. The van der Waals surface area contributed by atoms with Gasteiger partial charge in [-0.05, 0) is 92.8 Å². The van der Waals surface area contributed by atoms with Gasteiger partial charge in [-0.2, -0.15) is 4.31 Å². The number of anilines is 1. The molecule has 0 saturated heterocycles. The van der Waals surface area contributed by atoms with Gasteiger partial charge in [-0.15, -0.1) is 0 Å². The Hall–Kier alpha value is -4.01. The van der Waals surface area contributed by atoms with Crippen molar-refractivity contribution in [3.05, 3.63) is 54.1 Å². The summed E-state index contributed by atoms with van der Waals surface area (Å²) in [4.78, 5) is 52.0. The van der Waals surface area contributed by atoms with Gasteiger partial charge in [0, 0.05) is 32.1 Å². The standard InChI is InChI=1S/C40H61N5O8S/c1-6-8-12-35-40(50)44-36(37(47)27-45(24-23-28(3)4)54(51,52)33-21-17-31(18-22-33)41-29(5)46)26-30-15-19-32(20-16-30)53-25-11-10-13-34(39(49)43-35)42-38(48)14-9-7-2/h15-22,28,34-37,47H,6-14,23-27H2,1-5H3,(H,41,46)(H,42,48)(H,43,49)(H,44,50)/t34-,35+,36+,37-/m1/s1. The molecule has 14 heteroatoms. The average molecular weight is 772 g/mol. The van der Waals surface area contributed by atoms with Crippen molar-refractivity contribution in [2.45, 2.75) is 134 Å². The highest BCUT2D eigenvalue weighted by molar-refractivity contribution is 7.89. The SMILES string of the molecule is CCCCC(=O)N[C@@H]1CCCCOc2ccc(cc2)C[C@@H]([C@H](O)CN(CCC(C)C)S(=O)(=O)c2ccc(NC(C)=O)cc2)NC(=O)[C@H](CCCC)NC1=O. The molecule has 4 atom stereocenters. The van der Waals surface area contributed by atoms with E-state index in [2.05, 4.69) is 21.3 Å². The van der Waals surface area contributed by atoms with Crippen LogP contribution in [0.25, 0.3) is 0 Å². The van der Waals surface area contributed by atoms with Gasteiger partial charge in [-0.1, -0.05) is 59.1 Å². The van der Waals surface area contributed by atoms with Crippen molar-refractivity contribution in [3.63, 3.8) is 0 Å². The largest absolute Gasteiger partial charge is 0.494 e. The van der Waals surface area contributed by atoms with Gasteiger partial charge in [0.1, 0.15) is 17.8 Å². The van der Waals surface area contributed by atoms with E-state index in [0.717, 1.165) is 18.4 Å². The summed E-state index contributed by atoms with van der Waals surface area (Å²) in [5, 5.41) is 23.2. The third-order valence-electron chi connectivity index (χ3n) is 9.37. The van der Waals surface area contributed by atoms with Gasteiger partial charge in [0.15, 0.2) is 0 Å². The van der Waals surface area contributed by atoms with Gasteiger partial charge >= 0.3 is 0 Å². The van der Waals surface area contributed by atoms with Crippen LogP contribution in [-0.2, 0) is 35.6 Å². The molecule has 2 aliphatic heterocycles. The summed E-state index contributed by atoms with van der Waals surface area (Å²) in [7, 11) is -4.11. The minimum Gasteiger partial charge on any atom is -0.494 e. The van der Waals surface area contributed by atoms with Crippen LogP contribution in [0.5, 0.6) is 5.75 Å². The van der Waals surface area contributed by atoms with Gasteiger partial charge in [-0.25, -0.2) is 8.42 Å². The predicted octanol–water partition coefficient (Wildman–Crippen LogP) is 4.68. The van der Waals surface area contributed by atoms with Crippen molar-refractivity contribution < 1.29 is 37.4 Å². The quantitative estimate of drug-likeness (QED) is 0.163. The van der Waals surface area contributed by atoms with Crippen LogP contribution in [0.3, 0.4) is 0 Å². The first-order chi connectivity index (χ1) is 25.7. The summed E-state index contributed by atoms with van der Waals surface area (Å²) in [5.41, 5.74) is 1.23. The van der Waals surface area contributed by atoms with E-state index in [9.17, 15) is 32.7 Å². The maximum absolute atomic E-state index is 14.1. The third kappa shape index (κ3) is 14.7. The lowest BCUT2D eigenvalue weighted by Crippen LogP contribution is -2.57. The number of fused-ring (bicyclic) bond motifs is 14. The highest BCUT2D eigenvalue weighted by Crippen LogP contribution is 2.22. The number of nitrogens with zero attached hydrogens (tertiary/aromatic N) is 1. The molecule has 2 bridgehead atoms. The lowest BCUT2D eigenvalue weighted by molar-refractivity contribution is -0.133. The van der Waals surface area contributed by atoms with E-state index < -0.39 is 46.1 Å². The van der Waals surface area contributed by atoms with Crippen LogP contribution in [0.4, 0.5) is 5.69 Å². The summed E-state index contributed by atoms with van der Waals surface area (Å²) in [6.07, 6.45) is 4.54. The fraction of sp³-hybridized carbons (Fsp3) is 0.600. The maximum Gasteiger partial charge on any atom is 0.243 e. The van der Waals surface area contributed by atoms with E-state index in [0.29, 0.717) is 69.4 Å². The number of aliphatic hydroxyl groups is 1. The number of aliphatic hydroxyl groups excluding tert-OH is 1. The molecule has 5 N–H and O–H groups in total. The first-order valence-electron chi connectivity index (χ1n) is 19.4. The molecule has 2 aromatic rings. The molecule has 0 spiro atoms. The van der Waals surface area contributed by atoms with Crippen LogP contribution < -0.4 is 26.0 Å². The minimum absolute atomic E-state index is 0.000211. The topological polar surface area (TPSA) is 183 Å². The molecule has 0 radical (unpaired) electrons. The Morgan fingerprint density at radius 2 is 1.65 bits per heavy atom. The molecule has 2 aromatic carbocycles. The van der Waals surface area contributed by atoms with Crippen molar-refractivity contribution in [3.8, 4) is 5.75 Å². The molecule has 4 amide bonds. The number of carbonyl (C=O) groups excluding carboxylic acids is 4. The summed E-state index contributed by atoms with van der Waals surface area (Å²) in [5.74, 6) is -0.671. The summed E-state index contributed by atoms with van der Waals surface area (Å²) in [6.45, 7) is 9.51. The molecule has 0 aliphatic carbocycles. The van der Waals surface area contributed by atoms with Gasteiger partial charge in [0.05, 0.1) is 23.6 Å². The van der Waals surface area contributed by atoms with Crippen LogP contribution in [0.1, 0.15) is 104 Å². The average Bonchev–Trinajstić information content (AvgIpc) is 3.13. The van der Waals surface area contributed by atoms with Crippen LogP contribution in [0.15, 0.2) is 53.4 Å². The van der Waals surface area contributed by atoms with E-state index in [1.54, 1.807) is 0 Å². The Balaban J connectivity index is 1.96. The number of benzene rings is 2. The van der Waals surface area contributed by atoms with Crippen molar-refractivity contribution in [2.24, 2.45) is 5.92 Å². The molecule has 0 aromatic heterocycles. The van der Waals surface area contributed by atoms with E-state index in [1.807, 2.05) is 52.0 Å². The number of rotatable bonds is 16. The van der Waals surface area contributed by atoms with Crippen molar-refractivity contribution in [2.75, 3.05) is 25.0 Å². The smallest absolute Gasteiger partial charge is 0.243 e. The molecule has 0 unspecified atom stereocenters. The zero-order chi connectivity index (χ0) is 39.7. The van der Waals surface area contributed by atoms with Crippen LogP contribution in [-0.4, -0.2) is 85.4 Å². The third-order valence-corrected chi connectivity index (χ3v) is 11.3. The summed E-state index contributed by atoms with van der Waals surface area (Å²) >= 11 is 0. The van der Waals surface area contributed by atoms with Crippen LogP contribution in [0.2, 0.25) is 0 Å². The maximum atomic E-state index is 14.1. The highest BCUT2D eigenvalue weighted by Gasteiger charge is 2.33. The molecule has 2 heterocycles. The van der Waals surface area contributed by atoms with Crippen molar-refractivity contribution in [1.82, 2.24) is 20.3 Å². The number of unbranched alkanes of at least 4 members (excludes halogenated alkanes) is 2. The minimum atomic E-state index is -4.11. The molecular formula is C40H61N5O8S. The molecular weight excluding hydrogens is 711 g/mol. The number of carbonyl (C=O) groups is 4. The van der Waals surface area contributed by atoms with Crippen molar-refractivity contribution in [1.29, 1.82) is 0 Å². The first-order valence-corrected chi connectivity index (χ1v) is 20.8. The second-order valence-electron chi connectivity index (χ2n) is 14.6. The molecule has 0 fully saturated rings. The van der Waals surface area contributed by atoms with Crippen molar-refractivity contribution >= 4 is 39.3 Å². The normalized spacial score (nSPS) is 19.4. The second kappa shape index (κ2) is 22.4. The van der Waals surface area contributed by atoms with Gasteiger partial charge in [0.25, 0.3) is 0 Å².